The second kappa shape index (κ2) is 5.95. The molecule has 0 saturated heterocycles. The molecule has 4 nitrogen and oxygen atoms in total. The van der Waals surface area contributed by atoms with Crippen LogP contribution >= 0.6 is 11.3 Å². The molecule has 0 aromatic carbocycles. The van der Waals surface area contributed by atoms with Gasteiger partial charge in [-0.2, -0.15) is 11.3 Å². The smallest absolute Gasteiger partial charge is 0.253 e. The van der Waals surface area contributed by atoms with Crippen molar-refractivity contribution in [2.45, 2.75) is 25.8 Å². The van der Waals surface area contributed by atoms with E-state index in [0.717, 1.165) is 29.8 Å². The third kappa shape index (κ3) is 3.14. The quantitative estimate of drug-likeness (QED) is 0.892. The van der Waals surface area contributed by atoms with Gasteiger partial charge in [0.1, 0.15) is 0 Å². The number of hydrogen-bond donors (Lipinski definition) is 2. The van der Waals surface area contributed by atoms with Gasteiger partial charge in [0.15, 0.2) is 0 Å². The maximum absolute atomic E-state index is 12.4. The molecule has 0 spiro atoms. The summed E-state index contributed by atoms with van der Waals surface area (Å²) in [4.78, 5) is 16.9. The van der Waals surface area contributed by atoms with Gasteiger partial charge in [-0.05, 0) is 49.3 Å². The number of carbonyl (C=O) groups is 1. The number of rotatable bonds is 5. The molecule has 1 aliphatic rings. The molecule has 2 heterocycles. The molecule has 3 rings (SSSR count). The van der Waals surface area contributed by atoms with Gasteiger partial charge in [0.05, 0.1) is 17.0 Å². The summed E-state index contributed by atoms with van der Waals surface area (Å²) < 4.78 is 0. The van der Waals surface area contributed by atoms with Crippen LogP contribution in [0.15, 0.2) is 29.0 Å². The Morgan fingerprint density at radius 1 is 1.48 bits per heavy atom. The van der Waals surface area contributed by atoms with Crippen molar-refractivity contribution < 1.29 is 4.79 Å². The van der Waals surface area contributed by atoms with E-state index in [9.17, 15) is 4.79 Å². The fourth-order valence-electron chi connectivity index (χ4n) is 2.49. The molecule has 1 fully saturated rings. The van der Waals surface area contributed by atoms with E-state index in [4.69, 9.17) is 5.73 Å². The van der Waals surface area contributed by atoms with E-state index in [-0.39, 0.29) is 11.9 Å². The van der Waals surface area contributed by atoms with Gasteiger partial charge in [0, 0.05) is 23.5 Å². The summed E-state index contributed by atoms with van der Waals surface area (Å²) in [7, 11) is 0. The number of pyridine rings is 1. The minimum absolute atomic E-state index is 0.0702. The van der Waals surface area contributed by atoms with E-state index in [1.54, 1.807) is 11.3 Å². The molecule has 1 aliphatic carbocycles. The van der Waals surface area contributed by atoms with Gasteiger partial charge < -0.3 is 11.1 Å². The van der Waals surface area contributed by atoms with E-state index in [1.807, 2.05) is 30.5 Å². The van der Waals surface area contributed by atoms with Crippen LogP contribution in [-0.4, -0.2) is 23.5 Å². The van der Waals surface area contributed by atoms with Crippen molar-refractivity contribution in [1.29, 1.82) is 0 Å². The van der Waals surface area contributed by atoms with Gasteiger partial charge in [0.25, 0.3) is 5.91 Å². The fourth-order valence-corrected chi connectivity index (χ4v) is 3.14. The van der Waals surface area contributed by atoms with E-state index in [1.165, 1.54) is 0 Å². The van der Waals surface area contributed by atoms with Gasteiger partial charge in [0.2, 0.25) is 0 Å². The molecule has 21 heavy (non-hydrogen) atoms. The zero-order valence-corrected chi connectivity index (χ0v) is 12.8. The lowest BCUT2D eigenvalue weighted by atomic mass is 10.1. The van der Waals surface area contributed by atoms with E-state index >= 15 is 0 Å². The highest BCUT2D eigenvalue weighted by Gasteiger charge is 2.31. The van der Waals surface area contributed by atoms with Crippen LogP contribution in [0.2, 0.25) is 0 Å². The number of hydrogen-bond acceptors (Lipinski definition) is 4. The van der Waals surface area contributed by atoms with Crippen molar-refractivity contribution in [3.8, 4) is 11.3 Å². The lowest BCUT2D eigenvalue weighted by molar-refractivity contribution is 0.0932. The molecule has 1 unspecified atom stereocenters. The van der Waals surface area contributed by atoms with E-state index < -0.39 is 0 Å². The maximum Gasteiger partial charge on any atom is 0.253 e. The van der Waals surface area contributed by atoms with E-state index in [0.29, 0.717) is 18.0 Å². The lowest BCUT2D eigenvalue weighted by Crippen LogP contribution is -2.42. The summed E-state index contributed by atoms with van der Waals surface area (Å²) in [6, 6.07) is 5.88. The Hall–Kier alpha value is -1.72. The normalized spacial score (nSPS) is 15.7. The minimum atomic E-state index is -0.0702. The third-order valence-electron chi connectivity index (χ3n) is 3.91. The Kier molecular flexibility index (Phi) is 4.03. The molecule has 0 bridgehead atoms. The van der Waals surface area contributed by atoms with Crippen molar-refractivity contribution in [3.63, 3.8) is 0 Å². The van der Waals surface area contributed by atoms with Crippen LogP contribution in [0.1, 0.15) is 28.9 Å². The van der Waals surface area contributed by atoms with Gasteiger partial charge in [-0.3, -0.25) is 9.78 Å². The SMILES string of the molecule is Cc1nc(-c2ccsc2)ccc1C(=O)NC(CN)C1CC1. The Balaban J connectivity index is 1.77. The van der Waals surface area contributed by atoms with Gasteiger partial charge in [-0.1, -0.05) is 0 Å². The Bertz CT molecular complexity index is 635. The first-order valence-electron chi connectivity index (χ1n) is 7.20. The number of aryl methyl sites for hydroxylation is 1. The molecular formula is C16H19N3OS. The third-order valence-corrected chi connectivity index (χ3v) is 4.59. The predicted octanol–water partition coefficient (Wildman–Crippen LogP) is 2.59. The van der Waals surface area contributed by atoms with Crippen LogP contribution in [-0.2, 0) is 0 Å². The van der Waals surface area contributed by atoms with Gasteiger partial charge >= 0.3 is 0 Å². The summed E-state index contributed by atoms with van der Waals surface area (Å²) in [5, 5.41) is 7.11. The molecule has 5 heteroatoms. The minimum Gasteiger partial charge on any atom is -0.348 e. The number of amides is 1. The number of nitrogens with zero attached hydrogens (tertiary/aromatic N) is 1. The average molecular weight is 301 g/mol. The van der Waals surface area contributed by atoms with Crippen LogP contribution in [0.5, 0.6) is 0 Å². The Morgan fingerprint density at radius 2 is 2.29 bits per heavy atom. The molecule has 3 N–H and O–H groups in total. The van der Waals surface area contributed by atoms with Crippen molar-refractivity contribution in [3.05, 3.63) is 40.2 Å². The molecule has 110 valence electrons. The Labute approximate surface area is 128 Å². The van der Waals surface area contributed by atoms with Crippen LogP contribution in [0.4, 0.5) is 0 Å². The van der Waals surface area contributed by atoms with Crippen molar-refractivity contribution >= 4 is 17.2 Å². The van der Waals surface area contributed by atoms with Gasteiger partial charge in [-0.25, -0.2) is 0 Å². The zero-order chi connectivity index (χ0) is 14.8. The molecule has 0 aliphatic heterocycles. The zero-order valence-electron chi connectivity index (χ0n) is 12.0. The molecule has 1 amide bonds. The van der Waals surface area contributed by atoms with Crippen LogP contribution < -0.4 is 11.1 Å². The lowest BCUT2D eigenvalue weighted by Gasteiger charge is -2.16. The van der Waals surface area contributed by atoms with Crippen molar-refractivity contribution in [2.75, 3.05) is 6.54 Å². The van der Waals surface area contributed by atoms with E-state index in [2.05, 4.69) is 15.7 Å². The maximum atomic E-state index is 12.4. The second-order valence-corrected chi connectivity index (χ2v) is 6.27. The number of thiophene rings is 1. The standard InChI is InChI=1S/C16H19N3OS/c1-10-13(16(20)19-15(8-17)11-2-3-11)4-5-14(18-10)12-6-7-21-9-12/h4-7,9,11,15H,2-3,8,17H2,1H3,(H,19,20). The highest BCUT2D eigenvalue weighted by Crippen LogP contribution is 2.32. The summed E-state index contributed by atoms with van der Waals surface area (Å²) in [6.45, 7) is 2.37. The van der Waals surface area contributed by atoms with Crippen molar-refractivity contribution in [2.24, 2.45) is 11.7 Å². The summed E-state index contributed by atoms with van der Waals surface area (Å²) in [6.07, 6.45) is 2.33. The monoisotopic (exact) mass is 301 g/mol. The number of carbonyl (C=O) groups excluding carboxylic acids is 1. The fraction of sp³-hybridized carbons (Fsp3) is 0.375. The molecule has 0 radical (unpaired) electrons. The molecular weight excluding hydrogens is 282 g/mol. The van der Waals surface area contributed by atoms with Crippen LogP contribution in [0, 0.1) is 12.8 Å². The summed E-state index contributed by atoms with van der Waals surface area (Å²) in [5.41, 5.74) is 9.12. The highest BCUT2D eigenvalue weighted by atomic mass is 32.1. The van der Waals surface area contributed by atoms with Crippen molar-refractivity contribution in [1.82, 2.24) is 10.3 Å². The number of nitrogens with two attached hydrogens (primary N) is 1. The largest absolute Gasteiger partial charge is 0.348 e. The highest BCUT2D eigenvalue weighted by molar-refractivity contribution is 7.08. The first-order valence-corrected chi connectivity index (χ1v) is 8.14. The second-order valence-electron chi connectivity index (χ2n) is 5.49. The first-order chi connectivity index (χ1) is 10.2. The predicted molar refractivity (Wildman–Crippen MR) is 85.3 cm³/mol. The number of nitrogens with one attached hydrogen (secondary N) is 1. The van der Waals surface area contributed by atoms with Crippen LogP contribution in [0.3, 0.4) is 0 Å². The Morgan fingerprint density at radius 3 is 2.86 bits per heavy atom. The summed E-state index contributed by atoms with van der Waals surface area (Å²) in [5.74, 6) is 0.483. The first kappa shape index (κ1) is 14.2. The molecule has 1 saturated carbocycles. The van der Waals surface area contributed by atoms with Gasteiger partial charge in [-0.15, -0.1) is 0 Å². The topological polar surface area (TPSA) is 68.0 Å². The summed E-state index contributed by atoms with van der Waals surface area (Å²) >= 11 is 1.64. The molecule has 1 atom stereocenters. The molecule has 2 aromatic heterocycles. The average Bonchev–Trinajstić information content (AvgIpc) is 3.18. The van der Waals surface area contributed by atoms with Crippen LogP contribution in [0.25, 0.3) is 11.3 Å². The number of aromatic nitrogens is 1. The molecule has 2 aromatic rings.